The van der Waals surface area contributed by atoms with E-state index in [1.165, 1.54) is 0 Å². The summed E-state index contributed by atoms with van der Waals surface area (Å²) in [5.74, 6) is 6.46. The van der Waals surface area contributed by atoms with E-state index in [-0.39, 0.29) is 17.4 Å². The molecule has 0 spiro atoms. The summed E-state index contributed by atoms with van der Waals surface area (Å²) in [5, 5.41) is 0. The molecule has 1 aliphatic heterocycles. The first-order chi connectivity index (χ1) is 8.54. The van der Waals surface area contributed by atoms with Gasteiger partial charge in [0.25, 0.3) is 0 Å². The van der Waals surface area contributed by atoms with Gasteiger partial charge in [0.1, 0.15) is 11.6 Å². The van der Waals surface area contributed by atoms with Gasteiger partial charge in [0.15, 0.2) is 9.84 Å². The fraction of sp³-hybridized carbons (Fsp3) is 0.600. The molecule has 0 saturated carbocycles. The van der Waals surface area contributed by atoms with Gasteiger partial charge in [0.2, 0.25) is 0 Å². The van der Waals surface area contributed by atoms with E-state index in [2.05, 4.69) is 15.4 Å². The number of methoxy groups -OCH3 is 1. The van der Waals surface area contributed by atoms with Gasteiger partial charge in [-0.2, -0.15) is 0 Å². The second-order valence-corrected chi connectivity index (χ2v) is 6.51. The number of sulfone groups is 1. The van der Waals surface area contributed by atoms with Crippen LogP contribution in [0.2, 0.25) is 0 Å². The lowest BCUT2D eigenvalue weighted by Gasteiger charge is -2.10. The molecule has 1 aliphatic rings. The Labute approximate surface area is 106 Å². The van der Waals surface area contributed by atoms with E-state index in [1.54, 1.807) is 13.2 Å². The maximum atomic E-state index is 11.5. The van der Waals surface area contributed by atoms with Crippen LogP contribution in [0.4, 0.5) is 5.82 Å². The number of hydrogen-bond acceptors (Lipinski definition) is 7. The topological polar surface area (TPSA) is 107 Å². The van der Waals surface area contributed by atoms with Gasteiger partial charge in [-0.05, 0) is 6.42 Å². The molecule has 8 heteroatoms. The van der Waals surface area contributed by atoms with Crippen molar-refractivity contribution in [3.63, 3.8) is 0 Å². The molecule has 1 fully saturated rings. The predicted molar refractivity (Wildman–Crippen MR) is 66.6 cm³/mol. The summed E-state index contributed by atoms with van der Waals surface area (Å²) in [6, 6.07) is 1.68. The minimum absolute atomic E-state index is 0.105. The van der Waals surface area contributed by atoms with Gasteiger partial charge in [-0.3, -0.25) is 0 Å². The van der Waals surface area contributed by atoms with Crippen LogP contribution in [-0.2, 0) is 21.2 Å². The third kappa shape index (κ3) is 2.95. The molecule has 0 aromatic carbocycles. The van der Waals surface area contributed by atoms with Crippen molar-refractivity contribution < 1.29 is 13.2 Å². The van der Waals surface area contributed by atoms with Crippen LogP contribution in [-0.4, -0.2) is 37.0 Å². The summed E-state index contributed by atoms with van der Waals surface area (Å²) in [6.07, 6.45) is 0.558. The first-order valence-electron chi connectivity index (χ1n) is 5.58. The first-order valence-corrected chi connectivity index (χ1v) is 7.40. The molecule has 100 valence electrons. The Balaban J connectivity index is 2.29. The van der Waals surface area contributed by atoms with Crippen LogP contribution in [0.5, 0.6) is 0 Å². The zero-order chi connectivity index (χ0) is 13.2. The molecule has 1 saturated heterocycles. The molecular formula is C10H16N4O3S. The van der Waals surface area contributed by atoms with Gasteiger partial charge in [0, 0.05) is 19.1 Å². The first kappa shape index (κ1) is 13.2. The van der Waals surface area contributed by atoms with Crippen LogP contribution in [0.3, 0.4) is 0 Å². The van der Waals surface area contributed by atoms with Crippen molar-refractivity contribution in [2.45, 2.75) is 18.9 Å². The second-order valence-electron chi connectivity index (χ2n) is 4.28. The molecule has 0 amide bonds. The highest BCUT2D eigenvalue weighted by molar-refractivity contribution is 7.91. The van der Waals surface area contributed by atoms with Crippen molar-refractivity contribution in [3.8, 4) is 0 Å². The molecule has 1 atom stereocenters. The Bertz CT molecular complexity index is 532. The second kappa shape index (κ2) is 5.17. The summed E-state index contributed by atoms with van der Waals surface area (Å²) in [4.78, 5) is 8.54. The van der Waals surface area contributed by atoms with Gasteiger partial charge >= 0.3 is 0 Å². The number of anilines is 1. The Morgan fingerprint density at radius 1 is 1.56 bits per heavy atom. The molecule has 0 radical (unpaired) electrons. The zero-order valence-electron chi connectivity index (χ0n) is 10.1. The van der Waals surface area contributed by atoms with E-state index in [9.17, 15) is 8.42 Å². The van der Waals surface area contributed by atoms with E-state index < -0.39 is 9.84 Å². The molecule has 7 nitrogen and oxygen atoms in total. The molecule has 1 aromatic heterocycles. The number of nitrogen functional groups attached to an aromatic ring is 1. The van der Waals surface area contributed by atoms with E-state index in [1.807, 2.05) is 0 Å². The fourth-order valence-electron chi connectivity index (χ4n) is 1.99. The maximum absolute atomic E-state index is 11.5. The van der Waals surface area contributed by atoms with Gasteiger partial charge in [-0.1, -0.05) is 0 Å². The maximum Gasteiger partial charge on any atom is 0.151 e. The van der Waals surface area contributed by atoms with Gasteiger partial charge in [0.05, 0.1) is 23.8 Å². The minimum atomic E-state index is -2.95. The molecule has 18 heavy (non-hydrogen) atoms. The van der Waals surface area contributed by atoms with Crippen molar-refractivity contribution in [1.29, 1.82) is 0 Å². The largest absolute Gasteiger partial charge is 0.378 e. The predicted octanol–water partition coefficient (Wildman–Crippen LogP) is -0.189. The molecule has 1 unspecified atom stereocenters. The summed E-state index contributed by atoms with van der Waals surface area (Å²) in [6.45, 7) is 0.337. The van der Waals surface area contributed by atoms with Crippen LogP contribution in [0, 0.1) is 0 Å². The summed E-state index contributed by atoms with van der Waals surface area (Å²) in [7, 11) is -1.38. The molecule has 2 rings (SSSR count). The number of nitrogens with one attached hydrogen (secondary N) is 1. The Morgan fingerprint density at radius 2 is 2.33 bits per heavy atom. The number of rotatable bonds is 4. The van der Waals surface area contributed by atoms with Crippen molar-refractivity contribution >= 4 is 15.7 Å². The minimum Gasteiger partial charge on any atom is -0.378 e. The number of nitrogens with zero attached hydrogens (tertiary/aromatic N) is 2. The average Bonchev–Trinajstić information content (AvgIpc) is 2.70. The van der Waals surface area contributed by atoms with E-state index >= 15 is 0 Å². The number of aromatic nitrogens is 2. The van der Waals surface area contributed by atoms with Crippen molar-refractivity contribution in [1.82, 2.24) is 9.97 Å². The Hall–Kier alpha value is -1.25. The molecular weight excluding hydrogens is 256 g/mol. The van der Waals surface area contributed by atoms with Crippen LogP contribution in [0.1, 0.15) is 23.9 Å². The molecule has 1 aromatic rings. The molecule has 2 heterocycles. The Kier molecular flexibility index (Phi) is 3.79. The molecule has 0 aliphatic carbocycles. The van der Waals surface area contributed by atoms with Gasteiger partial charge in [-0.15, -0.1) is 0 Å². The fourth-order valence-corrected chi connectivity index (χ4v) is 3.73. The van der Waals surface area contributed by atoms with Crippen molar-refractivity contribution in [2.75, 3.05) is 24.0 Å². The van der Waals surface area contributed by atoms with E-state index in [0.717, 1.165) is 0 Å². The van der Waals surface area contributed by atoms with Gasteiger partial charge < -0.3 is 10.2 Å². The van der Waals surface area contributed by atoms with Crippen LogP contribution < -0.4 is 11.3 Å². The highest BCUT2D eigenvalue weighted by Crippen LogP contribution is 2.27. The van der Waals surface area contributed by atoms with E-state index in [4.69, 9.17) is 10.6 Å². The Morgan fingerprint density at radius 3 is 2.89 bits per heavy atom. The molecule has 0 bridgehead atoms. The average molecular weight is 272 g/mol. The summed E-state index contributed by atoms with van der Waals surface area (Å²) in [5.41, 5.74) is 3.13. The normalized spacial score (nSPS) is 22.0. The van der Waals surface area contributed by atoms with Crippen LogP contribution in [0.15, 0.2) is 6.07 Å². The number of hydrazine groups is 1. The summed E-state index contributed by atoms with van der Waals surface area (Å²) >= 11 is 0. The lowest BCUT2D eigenvalue weighted by Crippen LogP contribution is -2.14. The number of ether oxygens (including phenoxy) is 1. The standard InChI is InChI=1S/C10H16N4O3S/c1-17-5-8-4-9(14-11)13-10(12-8)7-2-3-18(15,16)6-7/h4,7H,2-3,5-6,11H2,1H3,(H,12,13,14). The molecule has 3 N–H and O–H groups in total. The lowest BCUT2D eigenvalue weighted by atomic mass is 10.1. The highest BCUT2D eigenvalue weighted by atomic mass is 32.2. The zero-order valence-corrected chi connectivity index (χ0v) is 10.9. The third-order valence-electron chi connectivity index (χ3n) is 2.83. The van der Waals surface area contributed by atoms with Gasteiger partial charge in [-0.25, -0.2) is 24.2 Å². The monoisotopic (exact) mass is 272 g/mol. The van der Waals surface area contributed by atoms with Crippen molar-refractivity contribution in [3.05, 3.63) is 17.6 Å². The quantitative estimate of drug-likeness (QED) is 0.578. The highest BCUT2D eigenvalue weighted by Gasteiger charge is 2.31. The van der Waals surface area contributed by atoms with Crippen LogP contribution >= 0.6 is 0 Å². The third-order valence-corrected chi connectivity index (χ3v) is 4.60. The number of hydrogen-bond donors (Lipinski definition) is 2. The summed E-state index contributed by atoms with van der Waals surface area (Å²) < 4.78 is 27.9. The van der Waals surface area contributed by atoms with E-state index in [0.29, 0.717) is 30.4 Å². The lowest BCUT2D eigenvalue weighted by molar-refractivity contribution is 0.181. The van der Waals surface area contributed by atoms with Crippen molar-refractivity contribution in [2.24, 2.45) is 5.84 Å². The SMILES string of the molecule is COCc1cc(NN)nc(C2CCS(=O)(=O)C2)n1. The van der Waals surface area contributed by atoms with Crippen LogP contribution in [0.25, 0.3) is 0 Å². The smallest absolute Gasteiger partial charge is 0.151 e. The number of nitrogens with two attached hydrogens (primary N) is 1.